The fraction of sp³-hybridized carbons (Fsp3) is 0.294. The second kappa shape index (κ2) is 7.10. The predicted molar refractivity (Wildman–Crippen MR) is 94.2 cm³/mol. The summed E-state index contributed by atoms with van der Waals surface area (Å²) in [6.07, 6.45) is -1.26. The predicted octanol–water partition coefficient (Wildman–Crippen LogP) is 3.76. The van der Waals surface area contributed by atoms with Gasteiger partial charge in [0.25, 0.3) is 5.91 Å². The normalized spacial score (nSPS) is 12.8. The number of alkyl halides is 3. The van der Waals surface area contributed by atoms with Crippen molar-refractivity contribution in [3.8, 4) is 10.6 Å². The fourth-order valence-corrected chi connectivity index (χ4v) is 3.37. The Labute approximate surface area is 157 Å². The molecule has 0 spiro atoms. The molecular weight excluding hydrogens is 379 g/mol. The Morgan fingerprint density at radius 2 is 2.04 bits per heavy atom. The lowest BCUT2D eigenvalue weighted by atomic mass is 10.2. The molecule has 10 heteroatoms. The number of carbonyl (C=O) groups is 1. The summed E-state index contributed by atoms with van der Waals surface area (Å²) in [6.45, 7) is 3.62. The molecule has 3 rings (SSSR count). The zero-order valence-corrected chi connectivity index (χ0v) is 15.5. The molecule has 0 saturated carbocycles. The fourth-order valence-electron chi connectivity index (χ4n) is 2.46. The number of nitrogens with zero attached hydrogens (tertiary/aromatic N) is 4. The molecular formula is C17H16F3N5OS. The number of nitrogens with one attached hydrogen (secondary N) is 1. The van der Waals surface area contributed by atoms with E-state index in [1.807, 2.05) is 19.1 Å². The van der Waals surface area contributed by atoms with Gasteiger partial charge in [-0.3, -0.25) is 14.5 Å². The number of thiazole rings is 1. The Balaban J connectivity index is 1.75. The van der Waals surface area contributed by atoms with E-state index in [0.29, 0.717) is 0 Å². The molecule has 142 valence electrons. The van der Waals surface area contributed by atoms with Crippen molar-refractivity contribution in [3.05, 3.63) is 52.6 Å². The van der Waals surface area contributed by atoms with Gasteiger partial charge in [0.15, 0.2) is 5.69 Å². The lowest BCUT2D eigenvalue weighted by Crippen LogP contribution is -2.27. The largest absolute Gasteiger partial charge is 0.435 e. The van der Waals surface area contributed by atoms with Crippen LogP contribution in [0.5, 0.6) is 0 Å². The molecule has 0 fully saturated rings. The summed E-state index contributed by atoms with van der Waals surface area (Å²) in [6, 6.07) is 4.06. The zero-order chi connectivity index (χ0) is 19.8. The van der Waals surface area contributed by atoms with Crippen molar-refractivity contribution in [2.45, 2.75) is 26.1 Å². The summed E-state index contributed by atoms with van der Waals surface area (Å²) in [5.74, 6) is -0.636. The van der Waals surface area contributed by atoms with Crippen LogP contribution in [0.25, 0.3) is 10.6 Å². The first-order valence-corrected chi connectivity index (χ1v) is 8.77. The molecule has 1 atom stereocenters. The quantitative estimate of drug-likeness (QED) is 0.730. The van der Waals surface area contributed by atoms with Gasteiger partial charge in [0, 0.05) is 41.6 Å². The summed E-state index contributed by atoms with van der Waals surface area (Å²) >= 11 is 1.40. The first-order valence-electron chi connectivity index (χ1n) is 7.96. The van der Waals surface area contributed by atoms with Crippen LogP contribution in [0.3, 0.4) is 0 Å². The minimum Gasteiger partial charge on any atom is -0.343 e. The molecule has 27 heavy (non-hydrogen) atoms. The van der Waals surface area contributed by atoms with E-state index in [2.05, 4.69) is 20.4 Å². The van der Waals surface area contributed by atoms with Gasteiger partial charge < -0.3 is 5.32 Å². The van der Waals surface area contributed by atoms with Gasteiger partial charge in [0.1, 0.15) is 10.7 Å². The number of amides is 1. The third-order valence-corrected chi connectivity index (χ3v) is 5.07. The molecule has 1 amide bonds. The minimum atomic E-state index is -4.60. The van der Waals surface area contributed by atoms with E-state index in [0.717, 1.165) is 31.9 Å². The number of aryl methyl sites for hydroxylation is 2. The molecule has 0 aliphatic rings. The van der Waals surface area contributed by atoms with E-state index < -0.39 is 23.8 Å². The van der Waals surface area contributed by atoms with E-state index in [4.69, 9.17) is 0 Å². The highest BCUT2D eigenvalue weighted by molar-refractivity contribution is 7.15. The summed E-state index contributed by atoms with van der Waals surface area (Å²) in [7, 11) is 1.30. The van der Waals surface area contributed by atoms with Crippen LogP contribution in [0, 0.1) is 6.92 Å². The topological polar surface area (TPSA) is 72.7 Å². The summed E-state index contributed by atoms with van der Waals surface area (Å²) < 4.78 is 39.2. The molecule has 1 unspecified atom stereocenters. The Morgan fingerprint density at radius 3 is 2.67 bits per heavy atom. The molecule has 3 aromatic rings. The van der Waals surface area contributed by atoms with Crippen molar-refractivity contribution in [1.82, 2.24) is 25.1 Å². The lowest BCUT2D eigenvalue weighted by molar-refractivity contribution is -0.141. The second-order valence-electron chi connectivity index (χ2n) is 5.99. The van der Waals surface area contributed by atoms with Crippen molar-refractivity contribution < 1.29 is 18.0 Å². The average Bonchev–Trinajstić information content (AvgIpc) is 3.21. The molecule has 0 saturated heterocycles. The molecule has 0 radical (unpaired) electrons. The van der Waals surface area contributed by atoms with Crippen molar-refractivity contribution in [2.24, 2.45) is 7.05 Å². The Bertz CT molecular complexity index is 979. The number of hydrogen-bond donors (Lipinski definition) is 1. The van der Waals surface area contributed by atoms with Crippen LogP contribution in [0.15, 0.2) is 30.6 Å². The highest BCUT2D eigenvalue weighted by Crippen LogP contribution is 2.30. The van der Waals surface area contributed by atoms with Crippen LogP contribution in [0.2, 0.25) is 0 Å². The highest BCUT2D eigenvalue weighted by Gasteiger charge is 2.35. The SMILES string of the molecule is Cc1cc(-c2ncc(C(C)NC(=O)c3cc(C(F)(F)F)nn3C)s2)ccn1. The van der Waals surface area contributed by atoms with Gasteiger partial charge in [-0.2, -0.15) is 18.3 Å². The van der Waals surface area contributed by atoms with Gasteiger partial charge in [-0.05, 0) is 26.0 Å². The van der Waals surface area contributed by atoms with E-state index in [9.17, 15) is 18.0 Å². The average molecular weight is 395 g/mol. The second-order valence-corrected chi connectivity index (χ2v) is 7.05. The van der Waals surface area contributed by atoms with Crippen LogP contribution >= 0.6 is 11.3 Å². The highest BCUT2D eigenvalue weighted by atomic mass is 32.1. The molecule has 0 aliphatic carbocycles. The number of rotatable bonds is 4. The summed E-state index contributed by atoms with van der Waals surface area (Å²) in [5, 5.41) is 6.81. The molecule has 6 nitrogen and oxygen atoms in total. The monoisotopic (exact) mass is 395 g/mol. The number of pyridine rings is 1. The van der Waals surface area contributed by atoms with Crippen molar-refractivity contribution in [2.75, 3.05) is 0 Å². The van der Waals surface area contributed by atoms with E-state index in [1.165, 1.54) is 18.4 Å². The molecule has 3 heterocycles. The molecule has 0 bridgehead atoms. The standard InChI is InChI=1S/C17H16F3N5OS/c1-9-6-11(4-5-21-9)16-22-8-13(27-16)10(2)23-15(26)12-7-14(17(18,19)20)24-25(12)3/h4-8,10H,1-3H3,(H,23,26). The van der Waals surface area contributed by atoms with E-state index in [1.54, 1.807) is 19.3 Å². The maximum absolute atomic E-state index is 12.7. The van der Waals surface area contributed by atoms with E-state index in [-0.39, 0.29) is 5.69 Å². The Hall–Kier alpha value is -2.75. The number of halogens is 3. The molecule has 0 aromatic carbocycles. The first kappa shape index (κ1) is 19.0. The van der Waals surface area contributed by atoms with Crippen molar-refractivity contribution >= 4 is 17.2 Å². The third kappa shape index (κ3) is 4.16. The zero-order valence-electron chi connectivity index (χ0n) is 14.7. The molecule has 1 N–H and O–H groups in total. The van der Waals surface area contributed by atoms with E-state index >= 15 is 0 Å². The first-order chi connectivity index (χ1) is 12.6. The number of aromatic nitrogens is 4. The number of carbonyl (C=O) groups excluding carboxylic acids is 1. The van der Waals surface area contributed by atoms with Gasteiger partial charge >= 0.3 is 6.18 Å². The smallest absolute Gasteiger partial charge is 0.343 e. The maximum atomic E-state index is 12.7. The van der Waals surface area contributed by atoms with Gasteiger partial charge in [-0.1, -0.05) is 0 Å². The van der Waals surface area contributed by atoms with Gasteiger partial charge in [-0.15, -0.1) is 11.3 Å². The Kier molecular flexibility index (Phi) is 5.01. The third-order valence-electron chi connectivity index (χ3n) is 3.84. The summed E-state index contributed by atoms with van der Waals surface area (Å²) in [4.78, 5) is 21.6. The summed E-state index contributed by atoms with van der Waals surface area (Å²) in [5.41, 5.74) is 0.514. The maximum Gasteiger partial charge on any atom is 0.435 e. The van der Waals surface area contributed by atoms with Gasteiger partial charge in [0.2, 0.25) is 0 Å². The van der Waals surface area contributed by atoms with Crippen LogP contribution in [-0.2, 0) is 13.2 Å². The van der Waals surface area contributed by atoms with Crippen LogP contribution in [-0.4, -0.2) is 25.7 Å². The minimum absolute atomic E-state index is 0.163. The number of hydrogen-bond acceptors (Lipinski definition) is 5. The van der Waals surface area contributed by atoms with Gasteiger partial charge in [0.05, 0.1) is 6.04 Å². The van der Waals surface area contributed by atoms with Gasteiger partial charge in [-0.25, -0.2) is 4.98 Å². The van der Waals surface area contributed by atoms with Crippen LogP contribution in [0.4, 0.5) is 13.2 Å². The molecule has 3 aromatic heterocycles. The van der Waals surface area contributed by atoms with Crippen LogP contribution in [0.1, 0.15) is 39.7 Å². The Morgan fingerprint density at radius 1 is 1.30 bits per heavy atom. The van der Waals surface area contributed by atoms with Crippen molar-refractivity contribution in [3.63, 3.8) is 0 Å². The van der Waals surface area contributed by atoms with Crippen molar-refractivity contribution in [1.29, 1.82) is 0 Å². The van der Waals surface area contributed by atoms with Crippen LogP contribution < -0.4 is 5.32 Å². The lowest BCUT2D eigenvalue weighted by Gasteiger charge is -2.11. The molecule has 0 aliphatic heterocycles.